The third kappa shape index (κ3) is 6.36. The molecule has 0 bridgehead atoms. The zero-order chi connectivity index (χ0) is 24.3. The summed E-state index contributed by atoms with van der Waals surface area (Å²) in [6.07, 6.45) is 0. The maximum atomic E-state index is 5.53. The first-order valence-electron chi connectivity index (χ1n) is 10.1. The summed E-state index contributed by atoms with van der Waals surface area (Å²) < 4.78 is 31.9. The van der Waals surface area contributed by atoms with E-state index in [1.807, 2.05) is 0 Å². The van der Waals surface area contributed by atoms with Crippen molar-refractivity contribution >= 4 is 29.1 Å². The average molecular weight is 484 g/mol. The van der Waals surface area contributed by atoms with Gasteiger partial charge in [-0.2, -0.15) is 9.03 Å². The Morgan fingerprint density at radius 1 is 0.667 bits per heavy atom. The predicted octanol–water partition coefficient (Wildman–Crippen LogP) is 5.63. The van der Waals surface area contributed by atoms with E-state index in [0.29, 0.717) is 5.66 Å². The standard InChI is InChI=1S/C18H48N9P3/c1-17(2)28(23(7)8,24(9)10)21-29(19-6,20-18(3,4)5)22-30(25(11)12,26(13)14)27(15)16/h17H,6H2,1-5,7-16H3. The van der Waals surface area contributed by atoms with Gasteiger partial charge in [0.1, 0.15) is 7.36 Å². The summed E-state index contributed by atoms with van der Waals surface area (Å²) in [5.41, 5.74) is -0.0619. The van der Waals surface area contributed by atoms with Crippen LogP contribution in [0.25, 0.3) is 0 Å². The molecule has 0 amide bonds. The van der Waals surface area contributed by atoms with Gasteiger partial charge in [-0.15, -0.1) is 0 Å². The minimum atomic E-state index is -2.89. The van der Waals surface area contributed by atoms with Gasteiger partial charge in [0.05, 0.1) is 5.54 Å². The Bertz CT molecular complexity index is 639. The van der Waals surface area contributed by atoms with E-state index < -0.39 is 22.4 Å². The van der Waals surface area contributed by atoms with Gasteiger partial charge in [0, 0.05) is 5.66 Å². The van der Waals surface area contributed by atoms with E-state index >= 15 is 0 Å². The Hall–Kier alpha value is 0.160. The Morgan fingerprint density at radius 3 is 1.23 bits per heavy atom. The number of hydrogen-bond donors (Lipinski definition) is 0. The third-order valence-electron chi connectivity index (χ3n) is 4.60. The molecule has 0 N–H and O–H groups in total. The minimum Gasteiger partial charge on any atom is -0.264 e. The van der Waals surface area contributed by atoms with Crippen LogP contribution >= 0.6 is 22.4 Å². The first-order valence-corrected chi connectivity index (χ1v) is 15.0. The summed E-state index contributed by atoms with van der Waals surface area (Å²) in [5, 5.41) is 0. The first-order chi connectivity index (χ1) is 13.3. The van der Waals surface area contributed by atoms with Crippen molar-refractivity contribution < 1.29 is 0 Å². The molecule has 0 aliphatic carbocycles. The third-order valence-corrected chi connectivity index (χ3v) is 16.7. The molecule has 1 unspecified atom stereocenters. The molecule has 0 spiro atoms. The average Bonchev–Trinajstić information content (AvgIpc) is 2.53. The second-order valence-corrected chi connectivity index (χ2v) is 19.9. The summed E-state index contributed by atoms with van der Waals surface area (Å²) in [4.78, 5) is 0. The number of hydrogen-bond acceptors (Lipinski definition) is 1. The van der Waals surface area contributed by atoms with Gasteiger partial charge in [-0.1, -0.05) is 13.8 Å². The van der Waals surface area contributed by atoms with Crippen LogP contribution in [-0.2, 0) is 0 Å². The topological polar surface area (TPSA) is 65.6 Å². The highest BCUT2D eigenvalue weighted by molar-refractivity contribution is 7.77. The highest BCUT2D eigenvalue weighted by atomic mass is 31.2. The lowest BCUT2D eigenvalue weighted by molar-refractivity contribution is 0.475. The van der Waals surface area contributed by atoms with Crippen molar-refractivity contribution in [3.8, 4) is 0 Å². The van der Waals surface area contributed by atoms with Crippen molar-refractivity contribution in [1.82, 2.24) is 23.4 Å². The Kier molecular flexibility index (Phi) is 10.9. The van der Waals surface area contributed by atoms with Gasteiger partial charge < -0.3 is 0 Å². The van der Waals surface area contributed by atoms with E-state index in [2.05, 4.69) is 140 Å². The molecule has 0 fully saturated rings. The Balaban J connectivity index is 8.02. The van der Waals surface area contributed by atoms with E-state index in [-0.39, 0.29) is 5.54 Å². The van der Waals surface area contributed by atoms with Crippen LogP contribution in [0.15, 0.2) is 18.5 Å². The van der Waals surface area contributed by atoms with E-state index in [1.54, 1.807) is 0 Å². The molecule has 30 heavy (non-hydrogen) atoms. The van der Waals surface area contributed by atoms with Crippen LogP contribution in [0.3, 0.4) is 0 Å². The van der Waals surface area contributed by atoms with Crippen molar-refractivity contribution in [3.05, 3.63) is 0 Å². The Morgan fingerprint density at radius 2 is 1.03 bits per heavy atom. The summed E-state index contributed by atoms with van der Waals surface area (Å²) in [6.45, 7) is 14.7. The molecular weight excluding hydrogens is 435 g/mol. The molecule has 0 radical (unpaired) electrons. The SMILES string of the molecule is C=NP(=NC(C)(C)C)(N=P(C(C)C)(N(C)C)N(C)C)N=P(N(C)C)(N(C)C)N(C)C. The van der Waals surface area contributed by atoms with Crippen LogP contribution in [0, 0.1) is 0 Å². The molecule has 9 nitrogen and oxygen atoms in total. The van der Waals surface area contributed by atoms with E-state index in [1.165, 1.54) is 0 Å². The van der Waals surface area contributed by atoms with Gasteiger partial charge in [0.15, 0.2) is 7.51 Å². The predicted molar refractivity (Wildman–Crippen MR) is 141 cm³/mol. The van der Waals surface area contributed by atoms with Crippen LogP contribution in [0.2, 0.25) is 0 Å². The molecule has 0 aromatic carbocycles. The van der Waals surface area contributed by atoms with Crippen molar-refractivity contribution in [2.45, 2.75) is 45.8 Å². The summed E-state index contributed by atoms with van der Waals surface area (Å²) >= 11 is 0. The van der Waals surface area contributed by atoms with Crippen LogP contribution < -0.4 is 0 Å². The highest BCUT2D eigenvalue weighted by Crippen LogP contribution is 2.74. The van der Waals surface area contributed by atoms with Crippen LogP contribution in [-0.4, -0.2) is 112 Å². The van der Waals surface area contributed by atoms with Crippen molar-refractivity contribution in [2.75, 3.05) is 70.5 Å². The maximum absolute atomic E-state index is 5.53. The molecule has 12 heteroatoms. The smallest absolute Gasteiger partial charge is 0.264 e. The molecule has 0 heterocycles. The normalized spacial score (nSPS) is 16.0. The molecule has 0 aliphatic heterocycles. The fourth-order valence-electron chi connectivity index (χ4n) is 3.74. The monoisotopic (exact) mass is 483 g/mol. The largest absolute Gasteiger partial charge is 0.303 e. The second kappa shape index (κ2) is 10.9. The zero-order valence-corrected chi connectivity index (χ0v) is 24.8. The molecule has 0 aliphatic rings. The number of rotatable bonds is 9. The van der Waals surface area contributed by atoms with E-state index in [0.717, 1.165) is 0 Å². The molecule has 1 atom stereocenters. The summed E-state index contributed by atoms with van der Waals surface area (Å²) in [6, 6.07) is 0. The van der Waals surface area contributed by atoms with Gasteiger partial charge in [-0.05, 0) is 98.0 Å². The fourth-order valence-corrected chi connectivity index (χ4v) is 17.3. The van der Waals surface area contributed by atoms with Gasteiger partial charge in [-0.25, -0.2) is 9.51 Å². The Labute approximate surface area is 187 Å². The number of nitrogens with zero attached hydrogens (tertiary/aromatic N) is 9. The maximum Gasteiger partial charge on any atom is 0.303 e. The van der Waals surface area contributed by atoms with Crippen LogP contribution in [0.4, 0.5) is 0 Å². The summed E-state index contributed by atoms with van der Waals surface area (Å²) in [7, 11) is 13.5. The fraction of sp³-hybridized carbons (Fsp3) is 0.944. The van der Waals surface area contributed by atoms with Crippen molar-refractivity contribution in [1.29, 1.82) is 0 Å². The van der Waals surface area contributed by atoms with Gasteiger partial charge in [0.2, 0.25) is 0 Å². The lowest BCUT2D eigenvalue weighted by Crippen LogP contribution is -2.30. The second-order valence-electron chi connectivity index (χ2n) is 9.61. The molecule has 0 rings (SSSR count). The quantitative estimate of drug-likeness (QED) is 0.314. The van der Waals surface area contributed by atoms with Crippen molar-refractivity contribution in [3.63, 3.8) is 0 Å². The lowest BCUT2D eigenvalue weighted by atomic mass is 10.1. The molecule has 0 aromatic heterocycles. The summed E-state index contributed by atoms with van der Waals surface area (Å²) in [5.74, 6) is 0. The first kappa shape index (κ1) is 30.2. The van der Waals surface area contributed by atoms with E-state index in [9.17, 15) is 0 Å². The minimum absolute atomic E-state index is 0.291. The van der Waals surface area contributed by atoms with Crippen LogP contribution in [0.5, 0.6) is 0 Å². The van der Waals surface area contributed by atoms with Gasteiger partial charge >= 0.3 is 7.51 Å². The van der Waals surface area contributed by atoms with Crippen LogP contribution in [0.1, 0.15) is 34.6 Å². The van der Waals surface area contributed by atoms with Gasteiger partial charge in [0.25, 0.3) is 0 Å². The molecule has 180 valence electrons. The zero-order valence-electron chi connectivity index (χ0n) is 22.2. The molecule has 0 aromatic rings. The van der Waals surface area contributed by atoms with Gasteiger partial charge in [-0.3, -0.25) is 23.4 Å². The van der Waals surface area contributed by atoms with Crippen molar-refractivity contribution in [2.24, 2.45) is 18.5 Å². The highest BCUT2D eigenvalue weighted by Gasteiger charge is 2.38. The molecule has 0 saturated carbocycles. The van der Waals surface area contributed by atoms with E-state index in [4.69, 9.17) is 13.8 Å². The lowest BCUT2D eigenvalue weighted by Gasteiger charge is -2.43. The molecular formula is C18H48N9P3. The molecule has 0 saturated heterocycles.